The fraction of sp³-hybridized carbons (Fsp3) is 0.292. The van der Waals surface area contributed by atoms with E-state index in [4.69, 9.17) is 4.74 Å². The molecule has 0 saturated heterocycles. The number of carbonyl (C=O) groups excluding carboxylic acids is 3. The number of thiophene rings is 1. The Balaban J connectivity index is 1.39. The summed E-state index contributed by atoms with van der Waals surface area (Å²) in [4.78, 5) is 39.4. The van der Waals surface area contributed by atoms with Gasteiger partial charge in [0.15, 0.2) is 0 Å². The second-order valence-corrected chi connectivity index (χ2v) is 9.16. The summed E-state index contributed by atoms with van der Waals surface area (Å²) >= 11 is 1.43. The first kappa shape index (κ1) is 20.5. The molecule has 3 N–H and O–H groups in total. The van der Waals surface area contributed by atoms with Crippen LogP contribution in [-0.4, -0.2) is 30.9 Å². The zero-order valence-corrected chi connectivity index (χ0v) is 18.4. The number of hydrogen-bond acceptors (Lipinski definition) is 6. The van der Waals surface area contributed by atoms with Crippen LogP contribution in [0.5, 0.6) is 0 Å². The summed E-state index contributed by atoms with van der Waals surface area (Å²) in [6.45, 7) is 0. The number of ether oxygens (including phenoxy) is 1. The minimum Gasteiger partial charge on any atom is -0.465 e. The largest absolute Gasteiger partial charge is 0.465 e. The van der Waals surface area contributed by atoms with Crippen LogP contribution in [0.1, 0.15) is 40.1 Å². The summed E-state index contributed by atoms with van der Waals surface area (Å²) in [6, 6.07) is 10.8. The van der Waals surface area contributed by atoms with Crippen LogP contribution in [0, 0.1) is 0 Å². The zero-order valence-electron chi connectivity index (χ0n) is 17.6. The number of benzene rings is 2. The maximum absolute atomic E-state index is 13.0. The summed E-state index contributed by atoms with van der Waals surface area (Å²) in [6.07, 6.45) is 3.72. The maximum atomic E-state index is 13.0. The molecule has 7 nitrogen and oxygen atoms in total. The molecule has 2 amide bonds. The molecule has 32 heavy (non-hydrogen) atoms. The van der Waals surface area contributed by atoms with Crippen molar-refractivity contribution >= 4 is 56.3 Å². The zero-order chi connectivity index (χ0) is 22.2. The van der Waals surface area contributed by atoms with Gasteiger partial charge in [0.25, 0.3) is 0 Å². The molecule has 164 valence electrons. The Morgan fingerprint density at radius 2 is 1.88 bits per heavy atom. The van der Waals surface area contributed by atoms with Crippen molar-refractivity contribution < 1.29 is 19.1 Å². The standard InChI is InChI=1S/C24H23N3O4S/c1-31-24(30)21-14-8-2-3-11-18(14)32-23(21)27-19(28)12-17-22(29)26-16-10-5-7-13-6-4-9-15(25-17)20(13)16/h4-7,9-10,17,25H,2-3,8,11-12H2,1H3,(H,26,29)(H,27,28)/t17-/m1/s1. The topological polar surface area (TPSA) is 96.5 Å². The first-order valence-corrected chi connectivity index (χ1v) is 11.5. The van der Waals surface area contributed by atoms with E-state index in [1.54, 1.807) is 0 Å². The van der Waals surface area contributed by atoms with E-state index in [9.17, 15) is 14.4 Å². The molecule has 0 unspecified atom stereocenters. The highest BCUT2D eigenvalue weighted by atomic mass is 32.1. The third kappa shape index (κ3) is 3.60. The molecule has 1 atom stereocenters. The van der Waals surface area contributed by atoms with Crippen molar-refractivity contribution in [3.05, 3.63) is 52.4 Å². The molecule has 5 rings (SSSR count). The molecule has 2 heterocycles. The first-order chi connectivity index (χ1) is 15.5. The fourth-order valence-electron chi connectivity index (χ4n) is 4.52. The first-order valence-electron chi connectivity index (χ1n) is 10.7. The van der Waals surface area contributed by atoms with Gasteiger partial charge in [0.1, 0.15) is 11.0 Å². The van der Waals surface area contributed by atoms with Gasteiger partial charge in [-0.3, -0.25) is 9.59 Å². The van der Waals surface area contributed by atoms with Crippen molar-refractivity contribution in [3.63, 3.8) is 0 Å². The number of amides is 2. The third-order valence-electron chi connectivity index (χ3n) is 6.01. The van der Waals surface area contributed by atoms with Gasteiger partial charge in [-0.25, -0.2) is 4.79 Å². The second kappa shape index (κ2) is 8.27. The van der Waals surface area contributed by atoms with Gasteiger partial charge < -0.3 is 20.7 Å². The summed E-state index contributed by atoms with van der Waals surface area (Å²) in [5.41, 5.74) is 2.96. The van der Waals surface area contributed by atoms with E-state index >= 15 is 0 Å². The van der Waals surface area contributed by atoms with Crippen molar-refractivity contribution in [1.82, 2.24) is 0 Å². The minimum absolute atomic E-state index is 0.0701. The van der Waals surface area contributed by atoms with Crippen LogP contribution in [0.4, 0.5) is 16.4 Å². The van der Waals surface area contributed by atoms with Gasteiger partial charge in [-0.15, -0.1) is 11.3 Å². The van der Waals surface area contributed by atoms with Crippen LogP contribution in [0.25, 0.3) is 10.8 Å². The molecule has 1 aliphatic carbocycles. The number of methoxy groups -OCH3 is 1. The van der Waals surface area contributed by atoms with E-state index in [0.29, 0.717) is 10.6 Å². The quantitative estimate of drug-likeness (QED) is 0.515. The van der Waals surface area contributed by atoms with Crippen molar-refractivity contribution in [2.45, 2.75) is 38.1 Å². The third-order valence-corrected chi connectivity index (χ3v) is 7.22. The number of anilines is 3. The average Bonchev–Trinajstić information content (AvgIpc) is 3.09. The van der Waals surface area contributed by atoms with Crippen molar-refractivity contribution in [1.29, 1.82) is 0 Å². The highest BCUT2D eigenvalue weighted by Crippen LogP contribution is 2.39. The highest BCUT2D eigenvalue weighted by Gasteiger charge is 2.30. The van der Waals surface area contributed by atoms with Crippen LogP contribution in [0.2, 0.25) is 0 Å². The summed E-state index contributed by atoms with van der Waals surface area (Å²) in [5.74, 6) is -1.05. The van der Waals surface area contributed by atoms with Gasteiger partial charge in [-0.2, -0.15) is 0 Å². The second-order valence-electron chi connectivity index (χ2n) is 8.05. The Hall–Kier alpha value is -3.39. The summed E-state index contributed by atoms with van der Waals surface area (Å²) in [5, 5.41) is 11.5. The Morgan fingerprint density at radius 3 is 2.66 bits per heavy atom. The molecule has 1 aromatic heterocycles. The predicted molar refractivity (Wildman–Crippen MR) is 126 cm³/mol. The number of nitrogens with one attached hydrogen (secondary N) is 3. The van der Waals surface area contributed by atoms with Crippen molar-refractivity contribution in [3.8, 4) is 0 Å². The lowest BCUT2D eigenvalue weighted by molar-refractivity contribution is -0.121. The lowest BCUT2D eigenvalue weighted by Gasteiger charge is -2.16. The molecule has 2 aromatic carbocycles. The number of rotatable bonds is 4. The van der Waals surface area contributed by atoms with E-state index in [0.717, 1.165) is 58.3 Å². The SMILES string of the molecule is COC(=O)c1c(NC(=O)C[C@H]2Nc3cccc4cccc(c34)NC2=O)sc2c1CCCC2. The van der Waals surface area contributed by atoms with E-state index < -0.39 is 12.0 Å². The summed E-state index contributed by atoms with van der Waals surface area (Å²) in [7, 11) is 1.35. The molecule has 0 saturated carbocycles. The number of esters is 1. The molecule has 0 fully saturated rings. The molecule has 2 aliphatic rings. The minimum atomic E-state index is -0.746. The Morgan fingerprint density at radius 1 is 1.12 bits per heavy atom. The van der Waals surface area contributed by atoms with Gasteiger partial charge >= 0.3 is 5.97 Å². The Bertz CT molecular complexity index is 1240. The summed E-state index contributed by atoms with van der Waals surface area (Å²) < 4.78 is 4.97. The van der Waals surface area contributed by atoms with E-state index in [1.165, 1.54) is 18.4 Å². The lowest BCUT2D eigenvalue weighted by atomic mass is 9.95. The molecule has 3 aromatic rings. The number of fused-ring (bicyclic) bond motifs is 1. The molecule has 0 radical (unpaired) electrons. The van der Waals surface area contributed by atoms with Crippen molar-refractivity contribution in [2.24, 2.45) is 0 Å². The Kier molecular flexibility index (Phi) is 5.30. The highest BCUT2D eigenvalue weighted by molar-refractivity contribution is 7.17. The number of carbonyl (C=O) groups is 3. The Labute approximate surface area is 189 Å². The molecular formula is C24H23N3O4S. The molecule has 1 aliphatic heterocycles. The fourth-order valence-corrected chi connectivity index (χ4v) is 5.81. The normalized spacial score (nSPS) is 17.0. The van der Waals surface area contributed by atoms with Crippen LogP contribution in [0.15, 0.2) is 36.4 Å². The van der Waals surface area contributed by atoms with Crippen molar-refractivity contribution in [2.75, 3.05) is 23.1 Å². The maximum Gasteiger partial charge on any atom is 0.341 e. The molecule has 8 heteroatoms. The van der Waals surface area contributed by atoms with Gasteiger partial charge in [0.2, 0.25) is 11.8 Å². The number of aryl methyl sites for hydroxylation is 1. The monoisotopic (exact) mass is 449 g/mol. The molecular weight excluding hydrogens is 426 g/mol. The van der Waals surface area contributed by atoms with Crippen LogP contribution in [0.3, 0.4) is 0 Å². The van der Waals surface area contributed by atoms with E-state index in [2.05, 4.69) is 16.0 Å². The van der Waals surface area contributed by atoms with Gasteiger partial charge in [-0.05, 0) is 48.8 Å². The van der Waals surface area contributed by atoms with Crippen LogP contribution in [-0.2, 0) is 27.2 Å². The average molecular weight is 450 g/mol. The van der Waals surface area contributed by atoms with Gasteiger partial charge in [-0.1, -0.05) is 24.3 Å². The smallest absolute Gasteiger partial charge is 0.341 e. The van der Waals surface area contributed by atoms with E-state index in [-0.39, 0.29) is 18.2 Å². The lowest BCUT2D eigenvalue weighted by Crippen LogP contribution is -2.36. The van der Waals surface area contributed by atoms with E-state index in [1.807, 2.05) is 36.4 Å². The van der Waals surface area contributed by atoms with Gasteiger partial charge in [0, 0.05) is 16.0 Å². The van der Waals surface area contributed by atoms with Crippen LogP contribution < -0.4 is 16.0 Å². The number of hydrogen-bond donors (Lipinski definition) is 3. The molecule has 0 spiro atoms. The van der Waals surface area contributed by atoms with Crippen LogP contribution >= 0.6 is 11.3 Å². The van der Waals surface area contributed by atoms with Gasteiger partial charge in [0.05, 0.1) is 24.8 Å². The predicted octanol–water partition coefficient (Wildman–Crippen LogP) is 4.33. The molecule has 0 bridgehead atoms.